The van der Waals surface area contributed by atoms with Gasteiger partial charge in [-0.25, -0.2) is 0 Å². The Bertz CT molecular complexity index is 669. The zero-order valence-corrected chi connectivity index (χ0v) is 14.0. The largest absolute Gasteiger partial charge is 0.495 e. The molecule has 5 nitrogen and oxygen atoms in total. The summed E-state index contributed by atoms with van der Waals surface area (Å²) < 4.78 is 6.85. The summed E-state index contributed by atoms with van der Waals surface area (Å²) in [4.78, 5) is 14.2. The third kappa shape index (κ3) is 3.42. The summed E-state index contributed by atoms with van der Waals surface area (Å²) in [6.07, 6.45) is 1.70. The van der Waals surface area contributed by atoms with Crippen LogP contribution >= 0.6 is 11.6 Å². The van der Waals surface area contributed by atoms with Gasteiger partial charge in [0.15, 0.2) is 0 Å². The molecule has 1 heterocycles. The van der Waals surface area contributed by atoms with Gasteiger partial charge in [-0.15, -0.1) is 0 Å². The van der Waals surface area contributed by atoms with Crippen molar-refractivity contribution in [1.29, 1.82) is 0 Å². The summed E-state index contributed by atoms with van der Waals surface area (Å²) in [6.45, 7) is 2.38. The van der Waals surface area contributed by atoms with E-state index >= 15 is 0 Å². The molecule has 118 valence electrons. The Hall–Kier alpha value is -2.01. The predicted octanol–water partition coefficient (Wildman–Crippen LogP) is 2.84. The van der Waals surface area contributed by atoms with Crippen molar-refractivity contribution in [3.05, 3.63) is 46.7 Å². The Balaban J connectivity index is 2.08. The average molecular weight is 322 g/mol. The number of aryl methyl sites for hydroxylation is 1. The highest BCUT2D eigenvalue weighted by molar-refractivity contribution is 6.32. The van der Waals surface area contributed by atoms with Crippen molar-refractivity contribution in [3.8, 4) is 5.75 Å². The Morgan fingerprint density at radius 1 is 1.45 bits per heavy atom. The lowest BCUT2D eigenvalue weighted by molar-refractivity contribution is -0.131. The smallest absolute Gasteiger partial charge is 0.231 e. The Labute approximate surface area is 135 Å². The zero-order valence-electron chi connectivity index (χ0n) is 13.2. The van der Waals surface area contributed by atoms with E-state index in [1.165, 1.54) is 0 Å². The van der Waals surface area contributed by atoms with Crippen molar-refractivity contribution in [3.63, 3.8) is 0 Å². The molecule has 0 fully saturated rings. The lowest BCUT2D eigenvalue weighted by atomic mass is 10.1. The van der Waals surface area contributed by atoms with E-state index in [1.807, 2.05) is 32.2 Å². The molecule has 0 saturated carbocycles. The number of ether oxygens (including phenoxy) is 1. The molecule has 0 spiro atoms. The van der Waals surface area contributed by atoms with Crippen molar-refractivity contribution in [1.82, 2.24) is 14.7 Å². The quantitative estimate of drug-likeness (QED) is 0.850. The number of methoxy groups -OCH3 is 1. The first-order chi connectivity index (χ1) is 10.4. The molecular formula is C16H20ClN3O2. The number of nitrogens with zero attached hydrogens (tertiary/aromatic N) is 3. The third-order valence-corrected chi connectivity index (χ3v) is 3.98. The van der Waals surface area contributed by atoms with Crippen molar-refractivity contribution in [2.24, 2.45) is 7.05 Å². The highest BCUT2D eigenvalue weighted by Crippen LogP contribution is 2.26. The maximum Gasteiger partial charge on any atom is 0.231 e. The summed E-state index contributed by atoms with van der Waals surface area (Å²) in [6, 6.07) is 7.39. The number of amides is 1. The van der Waals surface area contributed by atoms with Crippen molar-refractivity contribution >= 4 is 17.5 Å². The number of carbonyl (C=O) groups excluding carboxylic acids is 1. The average Bonchev–Trinajstić information content (AvgIpc) is 2.92. The molecule has 1 amide bonds. The summed E-state index contributed by atoms with van der Waals surface area (Å²) in [7, 11) is 5.20. The fourth-order valence-electron chi connectivity index (χ4n) is 2.43. The number of carbonyl (C=O) groups is 1. The number of hydrogen-bond acceptors (Lipinski definition) is 3. The van der Waals surface area contributed by atoms with Gasteiger partial charge in [0.25, 0.3) is 0 Å². The number of benzene rings is 1. The van der Waals surface area contributed by atoms with Crippen LogP contribution in [0, 0.1) is 0 Å². The highest BCUT2D eigenvalue weighted by Gasteiger charge is 2.22. The fourth-order valence-corrected chi connectivity index (χ4v) is 2.71. The van der Waals surface area contributed by atoms with E-state index in [4.69, 9.17) is 16.3 Å². The number of likely N-dealkylation sites (N-methyl/N-ethyl adjacent to an activating group) is 1. The van der Waals surface area contributed by atoms with E-state index in [0.29, 0.717) is 17.3 Å². The van der Waals surface area contributed by atoms with Gasteiger partial charge in [-0.1, -0.05) is 17.7 Å². The van der Waals surface area contributed by atoms with Crippen LogP contribution in [-0.4, -0.2) is 34.7 Å². The summed E-state index contributed by atoms with van der Waals surface area (Å²) >= 11 is 6.12. The minimum atomic E-state index is -0.244. The molecule has 2 aromatic rings. The Morgan fingerprint density at radius 3 is 2.73 bits per heavy atom. The minimum Gasteiger partial charge on any atom is -0.495 e. The topological polar surface area (TPSA) is 47.4 Å². The molecule has 1 unspecified atom stereocenters. The van der Waals surface area contributed by atoms with Crippen molar-refractivity contribution in [2.75, 3.05) is 14.2 Å². The first-order valence-electron chi connectivity index (χ1n) is 6.99. The van der Waals surface area contributed by atoms with Gasteiger partial charge in [0.1, 0.15) is 5.75 Å². The van der Waals surface area contributed by atoms with Crippen LogP contribution in [0.1, 0.15) is 24.1 Å². The molecule has 6 heteroatoms. The molecule has 0 radical (unpaired) electrons. The number of rotatable bonds is 5. The first-order valence-corrected chi connectivity index (χ1v) is 7.37. The van der Waals surface area contributed by atoms with Gasteiger partial charge in [0, 0.05) is 26.8 Å². The van der Waals surface area contributed by atoms with Gasteiger partial charge in [-0.05, 0) is 30.7 Å². The van der Waals surface area contributed by atoms with E-state index in [-0.39, 0.29) is 11.8 Å². The second kappa shape index (κ2) is 6.83. The van der Waals surface area contributed by atoms with Crippen LogP contribution in [0.15, 0.2) is 30.5 Å². The summed E-state index contributed by atoms with van der Waals surface area (Å²) in [5, 5.41) is 4.65. The molecule has 0 bridgehead atoms. The van der Waals surface area contributed by atoms with Gasteiger partial charge < -0.3 is 9.64 Å². The standard InChI is InChI=1S/C16H20ClN3O2/c1-11(14-7-8-18-20(14)3)16(21)19(2)10-12-5-6-15(22-4)13(17)9-12/h5-9,11H,10H2,1-4H3. The van der Waals surface area contributed by atoms with Crippen LogP contribution < -0.4 is 4.74 Å². The Kier molecular flexibility index (Phi) is 5.08. The van der Waals surface area contributed by atoms with E-state index in [0.717, 1.165) is 11.3 Å². The van der Waals surface area contributed by atoms with Crippen molar-refractivity contribution < 1.29 is 9.53 Å². The molecule has 0 aliphatic heterocycles. The van der Waals surface area contributed by atoms with Crippen molar-refractivity contribution in [2.45, 2.75) is 19.4 Å². The zero-order chi connectivity index (χ0) is 16.3. The van der Waals surface area contributed by atoms with E-state index in [9.17, 15) is 4.79 Å². The maximum atomic E-state index is 12.5. The van der Waals surface area contributed by atoms with Crippen LogP contribution in [0.3, 0.4) is 0 Å². The predicted molar refractivity (Wildman–Crippen MR) is 86.1 cm³/mol. The van der Waals surface area contributed by atoms with Crippen LogP contribution in [0.2, 0.25) is 5.02 Å². The van der Waals surface area contributed by atoms with E-state index < -0.39 is 0 Å². The first kappa shape index (κ1) is 16.4. The molecule has 1 aromatic heterocycles. The molecule has 0 saturated heterocycles. The normalized spacial score (nSPS) is 12.0. The number of hydrogen-bond donors (Lipinski definition) is 0. The second-order valence-corrected chi connectivity index (χ2v) is 5.67. The highest BCUT2D eigenvalue weighted by atomic mass is 35.5. The number of aromatic nitrogens is 2. The molecule has 0 aliphatic rings. The fraction of sp³-hybridized carbons (Fsp3) is 0.375. The monoisotopic (exact) mass is 321 g/mol. The minimum absolute atomic E-state index is 0.0375. The molecule has 1 atom stereocenters. The molecule has 1 aromatic carbocycles. The lowest BCUT2D eigenvalue weighted by Crippen LogP contribution is -2.31. The molecule has 22 heavy (non-hydrogen) atoms. The second-order valence-electron chi connectivity index (χ2n) is 5.26. The molecule has 0 N–H and O–H groups in total. The van der Waals surface area contributed by atoms with Gasteiger partial charge in [-0.2, -0.15) is 5.10 Å². The van der Waals surface area contributed by atoms with Crippen LogP contribution in [0.4, 0.5) is 0 Å². The SMILES string of the molecule is COc1ccc(CN(C)C(=O)C(C)c2ccnn2C)cc1Cl. The molecule has 2 rings (SSSR count). The van der Waals surface area contributed by atoms with Gasteiger partial charge >= 0.3 is 0 Å². The van der Waals surface area contributed by atoms with Gasteiger partial charge in [0.05, 0.1) is 23.7 Å². The maximum absolute atomic E-state index is 12.5. The summed E-state index contributed by atoms with van der Waals surface area (Å²) in [5.74, 6) is 0.421. The Morgan fingerprint density at radius 2 is 2.18 bits per heavy atom. The lowest BCUT2D eigenvalue weighted by Gasteiger charge is -2.22. The van der Waals surface area contributed by atoms with Crippen LogP contribution in [0.5, 0.6) is 5.75 Å². The summed E-state index contributed by atoms with van der Waals surface area (Å²) in [5.41, 5.74) is 1.85. The van der Waals surface area contributed by atoms with Gasteiger partial charge in [-0.3, -0.25) is 9.48 Å². The molecule has 0 aliphatic carbocycles. The van der Waals surface area contributed by atoms with E-state index in [1.54, 1.807) is 36.0 Å². The molecular weight excluding hydrogens is 302 g/mol. The number of halogens is 1. The van der Waals surface area contributed by atoms with Gasteiger partial charge in [0.2, 0.25) is 5.91 Å². The van der Waals surface area contributed by atoms with Crippen LogP contribution in [0.25, 0.3) is 0 Å². The van der Waals surface area contributed by atoms with E-state index in [2.05, 4.69) is 5.10 Å². The third-order valence-electron chi connectivity index (χ3n) is 3.69. The van der Waals surface area contributed by atoms with Crippen LogP contribution in [-0.2, 0) is 18.4 Å².